The van der Waals surface area contributed by atoms with Gasteiger partial charge in [-0.3, -0.25) is 0 Å². The molecule has 0 bridgehead atoms. The van der Waals surface area contributed by atoms with Gasteiger partial charge in [0.25, 0.3) is 6.43 Å². The molecule has 1 aliphatic heterocycles. The van der Waals surface area contributed by atoms with Crippen LogP contribution in [-0.4, -0.2) is 43.3 Å². The lowest BCUT2D eigenvalue weighted by Gasteiger charge is -2.37. The molecule has 0 unspecified atom stereocenters. The Hall–Kier alpha value is -3.03. The SMILES string of the molecule is COc1cc(F)ccc1N1CCN(c2nc(C(F)F)nc3ccccc23)CC1. The number of aromatic nitrogens is 2. The van der Waals surface area contributed by atoms with E-state index in [9.17, 15) is 13.2 Å². The number of hydrogen-bond acceptors (Lipinski definition) is 5. The number of methoxy groups -OCH3 is 1. The molecule has 5 nitrogen and oxygen atoms in total. The van der Waals surface area contributed by atoms with Crippen LogP contribution in [0.1, 0.15) is 12.2 Å². The van der Waals surface area contributed by atoms with Crippen LogP contribution in [0.3, 0.4) is 0 Å². The van der Waals surface area contributed by atoms with Gasteiger partial charge in [0.2, 0.25) is 0 Å². The minimum absolute atomic E-state index is 0.355. The molecular weight excluding hydrogens is 369 g/mol. The van der Waals surface area contributed by atoms with Gasteiger partial charge in [-0.2, -0.15) is 0 Å². The van der Waals surface area contributed by atoms with Crippen molar-refractivity contribution in [2.75, 3.05) is 43.1 Å². The first-order valence-electron chi connectivity index (χ1n) is 8.95. The monoisotopic (exact) mass is 388 g/mol. The number of alkyl halides is 2. The minimum Gasteiger partial charge on any atom is -0.494 e. The average Bonchev–Trinajstić information content (AvgIpc) is 2.73. The highest BCUT2D eigenvalue weighted by Gasteiger charge is 2.24. The van der Waals surface area contributed by atoms with E-state index in [4.69, 9.17) is 4.74 Å². The molecule has 0 spiro atoms. The van der Waals surface area contributed by atoms with Gasteiger partial charge in [0.15, 0.2) is 5.82 Å². The number of rotatable bonds is 4. The third-order valence-corrected chi connectivity index (χ3v) is 4.86. The van der Waals surface area contributed by atoms with E-state index in [1.54, 1.807) is 18.2 Å². The van der Waals surface area contributed by atoms with Crippen LogP contribution in [0, 0.1) is 5.82 Å². The van der Waals surface area contributed by atoms with Gasteiger partial charge in [-0.1, -0.05) is 12.1 Å². The third kappa shape index (κ3) is 3.42. The molecule has 0 N–H and O–H groups in total. The second-order valence-electron chi connectivity index (χ2n) is 6.51. The number of anilines is 2. The molecule has 0 saturated carbocycles. The van der Waals surface area contributed by atoms with E-state index in [0.717, 1.165) is 11.1 Å². The highest BCUT2D eigenvalue weighted by atomic mass is 19.3. The maximum absolute atomic E-state index is 13.5. The zero-order valence-corrected chi connectivity index (χ0v) is 15.3. The normalized spacial score (nSPS) is 14.8. The number of halogens is 3. The Morgan fingerprint density at radius 3 is 2.39 bits per heavy atom. The average molecular weight is 388 g/mol. The second-order valence-corrected chi connectivity index (χ2v) is 6.51. The summed E-state index contributed by atoms with van der Waals surface area (Å²) in [6, 6.07) is 11.6. The van der Waals surface area contributed by atoms with E-state index in [2.05, 4.69) is 14.9 Å². The molecule has 0 aliphatic carbocycles. The van der Waals surface area contributed by atoms with E-state index in [1.807, 2.05) is 17.0 Å². The molecule has 2 heterocycles. The smallest absolute Gasteiger partial charge is 0.297 e. The highest BCUT2D eigenvalue weighted by Crippen LogP contribution is 2.32. The zero-order chi connectivity index (χ0) is 19.7. The Balaban J connectivity index is 1.61. The fraction of sp³-hybridized carbons (Fsp3) is 0.300. The van der Waals surface area contributed by atoms with Gasteiger partial charge in [-0.05, 0) is 24.3 Å². The molecule has 3 aromatic rings. The van der Waals surface area contributed by atoms with Crippen molar-refractivity contribution < 1.29 is 17.9 Å². The summed E-state index contributed by atoms with van der Waals surface area (Å²) in [6.45, 7) is 2.43. The van der Waals surface area contributed by atoms with Crippen molar-refractivity contribution in [3.05, 3.63) is 54.1 Å². The summed E-state index contributed by atoms with van der Waals surface area (Å²) < 4.78 is 45.2. The lowest BCUT2D eigenvalue weighted by atomic mass is 10.2. The Morgan fingerprint density at radius 2 is 1.68 bits per heavy atom. The summed E-state index contributed by atoms with van der Waals surface area (Å²) in [5, 5.41) is 0.750. The quantitative estimate of drug-likeness (QED) is 0.675. The van der Waals surface area contributed by atoms with Crippen molar-refractivity contribution in [2.24, 2.45) is 0 Å². The molecule has 4 rings (SSSR count). The van der Waals surface area contributed by atoms with Crippen molar-refractivity contribution in [1.29, 1.82) is 0 Å². The molecule has 146 valence electrons. The zero-order valence-electron chi connectivity index (χ0n) is 15.3. The highest BCUT2D eigenvalue weighted by molar-refractivity contribution is 5.89. The van der Waals surface area contributed by atoms with E-state index in [-0.39, 0.29) is 5.82 Å². The van der Waals surface area contributed by atoms with E-state index in [0.29, 0.717) is 43.3 Å². The van der Waals surface area contributed by atoms with Crippen LogP contribution < -0.4 is 14.5 Å². The summed E-state index contributed by atoms with van der Waals surface area (Å²) >= 11 is 0. The van der Waals surface area contributed by atoms with Crippen molar-refractivity contribution in [3.8, 4) is 5.75 Å². The number of para-hydroxylation sites is 1. The van der Waals surface area contributed by atoms with Gasteiger partial charge < -0.3 is 14.5 Å². The van der Waals surface area contributed by atoms with E-state index in [1.165, 1.54) is 19.2 Å². The summed E-state index contributed by atoms with van der Waals surface area (Å²) in [5.41, 5.74) is 1.31. The first kappa shape index (κ1) is 18.3. The number of piperazine rings is 1. The van der Waals surface area contributed by atoms with Crippen LogP contribution in [0.4, 0.5) is 24.7 Å². The van der Waals surface area contributed by atoms with Crippen molar-refractivity contribution >= 4 is 22.4 Å². The number of nitrogens with zero attached hydrogens (tertiary/aromatic N) is 4. The lowest BCUT2D eigenvalue weighted by Crippen LogP contribution is -2.47. The molecule has 2 aromatic carbocycles. The number of hydrogen-bond donors (Lipinski definition) is 0. The van der Waals surface area contributed by atoms with Crippen molar-refractivity contribution in [1.82, 2.24) is 9.97 Å². The summed E-state index contributed by atoms with van der Waals surface area (Å²) in [7, 11) is 1.51. The lowest BCUT2D eigenvalue weighted by molar-refractivity contribution is 0.141. The van der Waals surface area contributed by atoms with Gasteiger partial charge in [0.05, 0.1) is 18.3 Å². The molecule has 28 heavy (non-hydrogen) atoms. The summed E-state index contributed by atoms with van der Waals surface area (Å²) in [6.07, 6.45) is -2.73. The fourth-order valence-corrected chi connectivity index (χ4v) is 3.49. The van der Waals surface area contributed by atoms with Gasteiger partial charge in [0.1, 0.15) is 17.4 Å². The van der Waals surface area contributed by atoms with Crippen LogP contribution in [-0.2, 0) is 0 Å². The van der Waals surface area contributed by atoms with Crippen LogP contribution in [0.2, 0.25) is 0 Å². The molecule has 1 aliphatic rings. The largest absolute Gasteiger partial charge is 0.494 e. The molecular formula is C20H19F3N4O. The number of benzene rings is 2. The van der Waals surface area contributed by atoms with Crippen LogP contribution in [0.5, 0.6) is 5.75 Å². The van der Waals surface area contributed by atoms with Gasteiger partial charge in [-0.25, -0.2) is 23.1 Å². The predicted molar refractivity (Wildman–Crippen MR) is 102 cm³/mol. The maximum atomic E-state index is 13.5. The first-order chi connectivity index (χ1) is 13.6. The topological polar surface area (TPSA) is 41.5 Å². The number of fused-ring (bicyclic) bond motifs is 1. The molecule has 8 heteroatoms. The minimum atomic E-state index is -2.73. The van der Waals surface area contributed by atoms with Gasteiger partial charge >= 0.3 is 0 Å². The Labute approximate surface area is 160 Å². The molecule has 1 fully saturated rings. The fourth-order valence-electron chi connectivity index (χ4n) is 3.49. The standard InChI is InChI=1S/C20H19F3N4O/c1-28-17-12-13(21)6-7-16(17)26-8-10-27(11-9-26)20-14-4-2-3-5-15(14)24-19(25-20)18(22)23/h2-7,12,18H,8-11H2,1H3. The molecule has 0 radical (unpaired) electrons. The van der Waals surface area contributed by atoms with Gasteiger partial charge in [0, 0.05) is 37.6 Å². The Kier molecular flexibility index (Phi) is 4.93. The Morgan fingerprint density at radius 1 is 0.964 bits per heavy atom. The third-order valence-electron chi connectivity index (χ3n) is 4.86. The molecule has 1 aromatic heterocycles. The molecule has 0 amide bonds. The summed E-state index contributed by atoms with van der Waals surface area (Å²) in [4.78, 5) is 12.2. The second kappa shape index (κ2) is 7.53. The summed E-state index contributed by atoms with van der Waals surface area (Å²) in [5.74, 6) is 0.176. The molecule has 0 atom stereocenters. The van der Waals surface area contributed by atoms with Crippen LogP contribution in [0.25, 0.3) is 10.9 Å². The van der Waals surface area contributed by atoms with Gasteiger partial charge in [-0.15, -0.1) is 0 Å². The van der Waals surface area contributed by atoms with Crippen LogP contribution in [0.15, 0.2) is 42.5 Å². The van der Waals surface area contributed by atoms with Crippen molar-refractivity contribution in [3.63, 3.8) is 0 Å². The van der Waals surface area contributed by atoms with Crippen LogP contribution >= 0.6 is 0 Å². The first-order valence-corrected chi connectivity index (χ1v) is 8.95. The number of ether oxygens (including phenoxy) is 1. The van der Waals surface area contributed by atoms with E-state index >= 15 is 0 Å². The predicted octanol–water partition coefficient (Wildman–Crippen LogP) is 4.04. The maximum Gasteiger partial charge on any atom is 0.297 e. The van der Waals surface area contributed by atoms with E-state index < -0.39 is 12.2 Å². The Bertz CT molecular complexity index is 990. The molecule has 1 saturated heterocycles. The van der Waals surface area contributed by atoms with Crippen molar-refractivity contribution in [2.45, 2.75) is 6.43 Å².